The van der Waals surface area contributed by atoms with E-state index in [4.69, 9.17) is 14.3 Å². The Morgan fingerprint density at radius 2 is 1.73 bits per heavy atom. The minimum absolute atomic E-state index is 0.0650. The molecule has 0 aromatic heterocycles. The second kappa shape index (κ2) is 12.1. The Hall–Kier alpha value is -3.21. The van der Waals surface area contributed by atoms with Crippen molar-refractivity contribution in [3.05, 3.63) is 70.8 Å². The molecule has 10 nitrogen and oxygen atoms in total. The maximum atomic E-state index is 14.8. The lowest BCUT2D eigenvalue weighted by atomic mass is 9.99. The highest BCUT2D eigenvalue weighted by Crippen LogP contribution is 2.35. The maximum absolute atomic E-state index is 14.8. The Balaban J connectivity index is 1.71. The van der Waals surface area contributed by atoms with Gasteiger partial charge in [0.25, 0.3) is 5.91 Å². The van der Waals surface area contributed by atoms with Crippen LogP contribution in [0.4, 0.5) is 22.0 Å². The van der Waals surface area contributed by atoms with E-state index < -0.39 is 90.2 Å². The third kappa shape index (κ3) is 6.56. The molecule has 2 fully saturated rings. The Morgan fingerprint density at radius 3 is 2.33 bits per heavy atom. The van der Waals surface area contributed by atoms with E-state index in [9.17, 15) is 47.2 Å². The number of rotatable bonds is 8. The normalized spacial score (nSPS) is 26.3. The van der Waals surface area contributed by atoms with Gasteiger partial charge in [-0.3, -0.25) is 4.79 Å². The highest BCUT2D eigenvalue weighted by atomic mass is 19.4. The Labute approximate surface area is 223 Å². The summed E-state index contributed by atoms with van der Waals surface area (Å²) >= 11 is 0. The number of nitrogens with one attached hydrogen (secondary N) is 1. The lowest BCUT2D eigenvalue weighted by Crippen LogP contribution is -2.59. The molecule has 40 heavy (non-hydrogen) atoms. The Bertz CT molecular complexity index is 1230. The summed E-state index contributed by atoms with van der Waals surface area (Å²) in [6.45, 7) is -0.804. The number of ether oxygens (including phenoxy) is 2. The Kier molecular flexibility index (Phi) is 9.02. The van der Waals surface area contributed by atoms with Crippen molar-refractivity contribution in [1.82, 2.24) is 5.32 Å². The molecule has 1 aliphatic heterocycles. The van der Waals surface area contributed by atoms with E-state index in [-0.39, 0.29) is 17.7 Å². The van der Waals surface area contributed by atoms with E-state index in [0.29, 0.717) is 12.8 Å². The number of alkyl halides is 3. The van der Waals surface area contributed by atoms with Crippen molar-refractivity contribution in [2.75, 3.05) is 6.61 Å². The third-order valence-corrected chi connectivity index (χ3v) is 6.16. The summed E-state index contributed by atoms with van der Waals surface area (Å²) in [7, 11) is 0. The Morgan fingerprint density at radius 1 is 1.05 bits per heavy atom. The molecule has 15 heteroatoms. The van der Waals surface area contributed by atoms with Crippen molar-refractivity contribution >= 4 is 11.7 Å². The molecule has 0 radical (unpaired) electrons. The molecule has 1 saturated heterocycles. The van der Waals surface area contributed by atoms with Crippen LogP contribution in [0.2, 0.25) is 0 Å². The molecule has 0 spiro atoms. The van der Waals surface area contributed by atoms with Gasteiger partial charge in [0.15, 0.2) is 29.9 Å². The molecule has 1 unspecified atom stereocenters. The molecule has 2 aliphatic rings. The van der Waals surface area contributed by atoms with Gasteiger partial charge in [-0.05, 0) is 30.5 Å². The SMILES string of the molecule is O=C(N/C(=N\OC1CC1)c1c(C(F)(F)F)ccc(F)c1F)C(O[C@@H]1O[C@H](CO)[C@@H](O)[C@H](O)[C@H]1O)c1ccccc1. The zero-order valence-corrected chi connectivity index (χ0v) is 20.5. The van der Waals surface area contributed by atoms with Crippen LogP contribution in [0.5, 0.6) is 0 Å². The number of nitrogens with zero attached hydrogens (tertiary/aromatic N) is 1. The van der Waals surface area contributed by atoms with Crippen molar-refractivity contribution in [3.8, 4) is 0 Å². The van der Waals surface area contributed by atoms with Crippen LogP contribution >= 0.6 is 0 Å². The maximum Gasteiger partial charge on any atom is 0.417 e. The van der Waals surface area contributed by atoms with Crippen molar-refractivity contribution in [2.45, 2.75) is 61.9 Å². The minimum atomic E-state index is -5.18. The number of hydrogen-bond acceptors (Lipinski definition) is 9. The fourth-order valence-electron chi connectivity index (χ4n) is 3.87. The van der Waals surface area contributed by atoms with Crippen LogP contribution in [0.3, 0.4) is 0 Å². The largest absolute Gasteiger partial charge is 0.417 e. The lowest BCUT2D eigenvalue weighted by Gasteiger charge is -2.40. The molecule has 0 bridgehead atoms. The topological polar surface area (TPSA) is 150 Å². The number of aliphatic hydroxyl groups is 4. The van der Waals surface area contributed by atoms with Crippen molar-refractivity contribution in [2.24, 2.45) is 5.16 Å². The first-order valence-corrected chi connectivity index (χ1v) is 12.0. The smallest absolute Gasteiger partial charge is 0.394 e. The van der Waals surface area contributed by atoms with Crippen LogP contribution in [-0.2, 0) is 25.3 Å². The molecule has 2 aromatic carbocycles. The van der Waals surface area contributed by atoms with Crippen LogP contribution < -0.4 is 5.32 Å². The predicted molar refractivity (Wildman–Crippen MR) is 124 cm³/mol. The van der Waals surface area contributed by atoms with Crippen LogP contribution in [0.1, 0.15) is 35.6 Å². The van der Waals surface area contributed by atoms with Gasteiger partial charge < -0.3 is 40.1 Å². The number of carbonyl (C=O) groups excluding carboxylic acids is 1. The van der Waals surface area contributed by atoms with Gasteiger partial charge >= 0.3 is 6.18 Å². The van der Waals surface area contributed by atoms with Crippen molar-refractivity contribution in [3.63, 3.8) is 0 Å². The zero-order chi connectivity index (χ0) is 29.2. The first-order chi connectivity index (χ1) is 18.9. The zero-order valence-electron chi connectivity index (χ0n) is 20.5. The average Bonchev–Trinajstić information content (AvgIpc) is 3.75. The molecule has 5 N–H and O–H groups in total. The average molecular weight is 576 g/mol. The highest BCUT2D eigenvalue weighted by Gasteiger charge is 2.46. The van der Waals surface area contributed by atoms with E-state index in [0.717, 1.165) is 0 Å². The molecule has 1 heterocycles. The van der Waals surface area contributed by atoms with Crippen LogP contribution in [-0.4, -0.2) is 75.6 Å². The third-order valence-electron chi connectivity index (χ3n) is 6.16. The van der Waals surface area contributed by atoms with E-state index in [1.807, 2.05) is 5.32 Å². The van der Waals surface area contributed by atoms with Gasteiger partial charge in [0.1, 0.15) is 30.5 Å². The van der Waals surface area contributed by atoms with Gasteiger partial charge in [0.05, 0.1) is 17.7 Å². The molecule has 1 aliphatic carbocycles. The van der Waals surface area contributed by atoms with E-state index in [1.54, 1.807) is 6.07 Å². The number of carbonyl (C=O) groups is 1. The van der Waals surface area contributed by atoms with E-state index in [2.05, 4.69) is 5.16 Å². The summed E-state index contributed by atoms with van der Waals surface area (Å²) in [5.74, 6) is -5.95. The monoisotopic (exact) mass is 576 g/mol. The van der Waals surface area contributed by atoms with Crippen molar-refractivity contribution in [1.29, 1.82) is 0 Å². The molecule has 1 saturated carbocycles. The van der Waals surface area contributed by atoms with Gasteiger partial charge in [-0.2, -0.15) is 13.2 Å². The molecular formula is C25H25F5N2O8. The van der Waals surface area contributed by atoms with Gasteiger partial charge in [-0.1, -0.05) is 35.5 Å². The lowest BCUT2D eigenvalue weighted by molar-refractivity contribution is -0.309. The van der Waals surface area contributed by atoms with Crippen LogP contribution in [0.25, 0.3) is 0 Å². The van der Waals surface area contributed by atoms with Gasteiger partial charge in [0.2, 0.25) is 0 Å². The number of amides is 1. The number of halogens is 5. The molecule has 6 atom stereocenters. The van der Waals surface area contributed by atoms with E-state index in [1.165, 1.54) is 24.3 Å². The van der Waals surface area contributed by atoms with Crippen molar-refractivity contribution < 1.29 is 61.5 Å². The summed E-state index contributed by atoms with van der Waals surface area (Å²) in [4.78, 5) is 18.5. The summed E-state index contributed by atoms with van der Waals surface area (Å²) in [6, 6.07) is 7.83. The van der Waals surface area contributed by atoms with Gasteiger partial charge in [-0.15, -0.1) is 0 Å². The minimum Gasteiger partial charge on any atom is -0.394 e. The first-order valence-electron chi connectivity index (χ1n) is 12.0. The quantitative estimate of drug-likeness (QED) is 0.137. The first kappa shape index (κ1) is 29.8. The molecule has 218 valence electrons. The second-order valence-electron chi connectivity index (χ2n) is 9.14. The number of benzene rings is 2. The highest BCUT2D eigenvalue weighted by molar-refractivity contribution is 6.09. The van der Waals surface area contributed by atoms with E-state index >= 15 is 0 Å². The molecule has 4 rings (SSSR count). The molecule has 2 aromatic rings. The van der Waals surface area contributed by atoms with Crippen LogP contribution in [0.15, 0.2) is 47.6 Å². The molecule has 1 amide bonds. The number of hydrogen-bond donors (Lipinski definition) is 5. The van der Waals surface area contributed by atoms with Gasteiger partial charge in [-0.25, -0.2) is 8.78 Å². The van der Waals surface area contributed by atoms with Crippen LogP contribution in [0, 0.1) is 11.6 Å². The standard InChI is InChI=1S/C25H25F5N2O8/c26-14-9-8-13(25(28,29)30)16(17(14)27)22(32-40-12-6-7-12)31-23(37)21(11-4-2-1-3-5-11)39-24-20(36)19(35)18(34)15(10-33)38-24/h1-5,8-9,12,15,18-21,24,33-36H,6-7,10H2,(H,31,32,37)/t15-,18-,19+,20-,21?,24+/m1/s1. The fourth-order valence-corrected chi connectivity index (χ4v) is 3.87. The predicted octanol–water partition coefficient (Wildman–Crippen LogP) is 1.50. The summed E-state index contributed by atoms with van der Waals surface area (Å²) < 4.78 is 81.0. The summed E-state index contributed by atoms with van der Waals surface area (Å²) in [5.41, 5.74) is -2.99. The number of aliphatic hydroxyl groups excluding tert-OH is 4. The second-order valence-corrected chi connectivity index (χ2v) is 9.14. The number of amidine groups is 1. The summed E-state index contributed by atoms with van der Waals surface area (Å²) in [6.07, 6.45) is -15.3. The fraction of sp³-hybridized carbons (Fsp3) is 0.440. The van der Waals surface area contributed by atoms with Gasteiger partial charge in [0, 0.05) is 0 Å². The molecular weight excluding hydrogens is 551 g/mol. The summed E-state index contributed by atoms with van der Waals surface area (Å²) in [5, 5.41) is 45.4. The number of oxime groups is 1.